The second kappa shape index (κ2) is 8.28. The Bertz CT molecular complexity index is 822. The summed E-state index contributed by atoms with van der Waals surface area (Å²) in [7, 11) is 0. The lowest BCUT2D eigenvalue weighted by atomic mass is 9.92. The van der Waals surface area contributed by atoms with Crippen molar-refractivity contribution in [1.29, 1.82) is 0 Å². The van der Waals surface area contributed by atoms with Crippen molar-refractivity contribution in [2.45, 2.75) is 19.4 Å². The number of ether oxygens (including phenoxy) is 1. The van der Waals surface area contributed by atoms with E-state index in [-0.39, 0.29) is 19.1 Å². The Morgan fingerprint density at radius 1 is 1.10 bits per heavy atom. The minimum absolute atomic E-state index is 0.288. The number of nitrogens with one attached hydrogen (secondary N) is 1. The first-order valence-electron chi connectivity index (χ1n) is 9.36. The molecule has 9 nitrogen and oxygen atoms in total. The van der Waals surface area contributed by atoms with Crippen LogP contribution in [0.3, 0.4) is 0 Å². The molecule has 2 fully saturated rings. The number of carbonyl (C=O) groups is 4. The summed E-state index contributed by atoms with van der Waals surface area (Å²) in [5.41, 5.74) is -0.678. The lowest BCUT2D eigenvalue weighted by molar-refractivity contribution is -0.139. The number of piperazine rings is 1. The van der Waals surface area contributed by atoms with Gasteiger partial charge in [-0.25, -0.2) is 9.59 Å². The highest BCUT2D eigenvalue weighted by molar-refractivity contribution is 6.30. The Kier molecular flexibility index (Phi) is 5.97. The third kappa shape index (κ3) is 4.14. The maximum Gasteiger partial charge on any atom is 0.409 e. The molecular weight excluding hydrogens is 400 g/mol. The van der Waals surface area contributed by atoms with Gasteiger partial charge in [0.1, 0.15) is 12.1 Å². The largest absolute Gasteiger partial charge is 0.450 e. The van der Waals surface area contributed by atoms with Crippen molar-refractivity contribution in [3.05, 3.63) is 34.9 Å². The van der Waals surface area contributed by atoms with E-state index in [1.807, 2.05) is 0 Å². The fraction of sp³-hybridized carbons (Fsp3) is 0.474. The van der Waals surface area contributed by atoms with Gasteiger partial charge in [-0.1, -0.05) is 23.7 Å². The zero-order valence-corrected chi connectivity index (χ0v) is 17.1. The first kappa shape index (κ1) is 20.9. The van der Waals surface area contributed by atoms with Crippen molar-refractivity contribution in [2.24, 2.45) is 0 Å². The van der Waals surface area contributed by atoms with Crippen LogP contribution in [0.1, 0.15) is 19.4 Å². The zero-order valence-electron chi connectivity index (χ0n) is 16.3. The van der Waals surface area contributed by atoms with Gasteiger partial charge in [0.2, 0.25) is 5.91 Å². The van der Waals surface area contributed by atoms with E-state index in [0.29, 0.717) is 36.8 Å². The maximum atomic E-state index is 12.9. The van der Waals surface area contributed by atoms with Crippen LogP contribution in [0, 0.1) is 0 Å². The fourth-order valence-electron chi connectivity index (χ4n) is 3.41. The molecule has 29 heavy (non-hydrogen) atoms. The summed E-state index contributed by atoms with van der Waals surface area (Å²) < 4.78 is 4.95. The summed E-state index contributed by atoms with van der Waals surface area (Å²) in [6.07, 6.45) is -0.410. The van der Waals surface area contributed by atoms with E-state index in [4.69, 9.17) is 16.3 Å². The molecule has 5 amide bonds. The first-order valence-corrected chi connectivity index (χ1v) is 9.73. The van der Waals surface area contributed by atoms with Gasteiger partial charge in [-0.2, -0.15) is 0 Å². The lowest BCUT2D eigenvalue weighted by Crippen LogP contribution is -2.53. The van der Waals surface area contributed by atoms with Gasteiger partial charge in [0.15, 0.2) is 0 Å². The second-order valence-corrected chi connectivity index (χ2v) is 7.46. The molecule has 0 radical (unpaired) electrons. The topological polar surface area (TPSA) is 99.3 Å². The van der Waals surface area contributed by atoms with Gasteiger partial charge in [0.05, 0.1) is 6.61 Å². The van der Waals surface area contributed by atoms with E-state index in [9.17, 15) is 19.2 Å². The molecule has 1 aromatic carbocycles. The van der Waals surface area contributed by atoms with E-state index in [0.717, 1.165) is 4.90 Å². The minimum Gasteiger partial charge on any atom is -0.450 e. The van der Waals surface area contributed by atoms with Crippen molar-refractivity contribution < 1.29 is 23.9 Å². The Morgan fingerprint density at radius 2 is 1.69 bits per heavy atom. The molecule has 1 aromatic rings. The highest BCUT2D eigenvalue weighted by atomic mass is 35.5. The SMILES string of the molecule is CCOC(=O)N1CCN(C(=O)CN2C(=O)N[C@@](C)(c3ccc(Cl)cc3)C2=O)CC1. The molecule has 2 saturated heterocycles. The molecule has 0 saturated carbocycles. The molecule has 2 aliphatic rings. The molecule has 10 heteroatoms. The maximum absolute atomic E-state index is 12.9. The quantitative estimate of drug-likeness (QED) is 0.739. The van der Waals surface area contributed by atoms with Crippen molar-refractivity contribution in [1.82, 2.24) is 20.0 Å². The summed E-state index contributed by atoms with van der Waals surface area (Å²) in [6, 6.07) is 5.99. The van der Waals surface area contributed by atoms with Crippen LogP contribution < -0.4 is 5.32 Å². The van der Waals surface area contributed by atoms with Crippen molar-refractivity contribution >= 4 is 35.5 Å². The van der Waals surface area contributed by atoms with Gasteiger partial charge in [-0.3, -0.25) is 14.5 Å². The van der Waals surface area contributed by atoms with Crippen LogP contribution >= 0.6 is 11.6 Å². The van der Waals surface area contributed by atoms with E-state index in [2.05, 4.69) is 5.32 Å². The highest BCUT2D eigenvalue weighted by Crippen LogP contribution is 2.29. The third-order valence-corrected chi connectivity index (χ3v) is 5.40. The monoisotopic (exact) mass is 422 g/mol. The predicted octanol–water partition coefficient (Wildman–Crippen LogP) is 1.41. The molecule has 156 valence electrons. The second-order valence-electron chi connectivity index (χ2n) is 7.02. The van der Waals surface area contributed by atoms with Gasteiger partial charge < -0.3 is 19.9 Å². The molecule has 1 N–H and O–H groups in total. The van der Waals surface area contributed by atoms with Crippen LogP contribution in [0.5, 0.6) is 0 Å². The molecule has 2 heterocycles. The molecule has 0 unspecified atom stereocenters. The van der Waals surface area contributed by atoms with Crippen LogP contribution in [0.15, 0.2) is 24.3 Å². The van der Waals surface area contributed by atoms with Crippen LogP contribution in [0.25, 0.3) is 0 Å². The summed E-state index contributed by atoms with van der Waals surface area (Å²) in [5.74, 6) is -0.847. The minimum atomic E-state index is -1.26. The van der Waals surface area contributed by atoms with Gasteiger partial charge in [0, 0.05) is 31.2 Å². The number of hydrogen-bond donors (Lipinski definition) is 1. The summed E-state index contributed by atoms with van der Waals surface area (Å²) >= 11 is 5.89. The van der Waals surface area contributed by atoms with E-state index >= 15 is 0 Å². The lowest BCUT2D eigenvalue weighted by Gasteiger charge is -2.34. The number of imide groups is 1. The Hall–Kier alpha value is -2.81. The van der Waals surface area contributed by atoms with Crippen molar-refractivity contribution in [3.8, 4) is 0 Å². The van der Waals surface area contributed by atoms with Crippen molar-refractivity contribution in [2.75, 3.05) is 39.3 Å². The number of nitrogens with zero attached hydrogens (tertiary/aromatic N) is 3. The van der Waals surface area contributed by atoms with Crippen LogP contribution in [-0.4, -0.2) is 78.0 Å². The molecule has 0 bridgehead atoms. The smallest absolute Gasteiger partial charge is 0.409 e. The van der Waals surface area contributed by atoms with E-state index in [1.165, 1.54) is 9.80 Å². The van der Waals surface area contributed by atoms with Crippen LogP contribution in [0.2, 0.25) is 5.02 Å². The number of benzene rings is 1. The number of halogens is 1. The van der Waals surface area contributed by atoms with Crippen LogP contribution in [-0.2, 0) is 19.9 Å². The molecule has 2 aliphatic heterocycles. The number of hydrogen-bond acceptors (Lipinski definition) is 5. The number of carbonyl (C=O) groups excluding carboxylic acids is 4. The van der Waals surface area contributed by atoms with Crippen LogP contribution in [0.4, 0.5) is 9.59 Å². The summed E-state index contributed by atoms with van der Waals surface area (Å²) in [4.78, 5) is 53.7. The number of rotatable bonds is 4. The molecular formula is C19H23ClN4O5. The molecule has 0 aromatic heterocycles. The van der Waals surface area contributed by atoms with Gasteiger partial charge >= 0.3 is 12.1 Å². The number of urea groups is 1. The predicted molar refractivity (Wildman–Crippen MR) is 104 cm³/mol. The molecule has 3 rings (SSSR count). The Balaban J connectivity index is 1.62. The fourth-order valence-corrected chi connectivity index (χ4v) is 3.53. The van der Waals surface area contributed by atoms with Gasteiger partial charge in [0.25, 0.3) is 5.91 Å². The summed E-state index contributed by atoms with van der Waals surface area (Å²) in [5, 5.41) is 3.18. The first-order chi connectivity index (χ1) is 13.8. The Morgan fingerprint density at radius 3 is 2.28 bits per heavy atom. The number of amides is 5. The zero-order chi connectivity index (χ0) is 21.2. The molecule has 0 spiro atoms. The average molecular weight is 423 g/mol. The van der Waals surface area contributed by atoms with Gasteiger partial charge in [-0.15, -0.1) is 0 Å². The summed E-state index contributed by atoms with van der Waals surface area (Å²) in [6.45, 7) is 4.57. The Labute approximate surface area is 173 Å². The van der Waals surface area contributed by atoms with Gasteiger partial charge in [-0.05, 0) is 31.5 Å². The molecule has 0 aliphatic carbocycles. The van der Waals surface area contributed by atoms with E-state index < -0.39 is 23.6 Å². The van der Waals surface area contributed by atoms with Crippen molar-refractivity contribution in [3.63, 3.8) is 0 Å². The normalized spacial score (nSPS) is 22.0. The third-order valence-electron chi connectivity index (χ3n) is 5.15. The van der Waals surface area contributed by atoms with E-state index in [1.54, 1.807) is 38.1 Å². The molecule has 1 atom stereocenters. The average Bonchev–Trinajstić information content (AvgIpc) is 2.92. The standard InChI is InChI=1S/C19H23ClN4O5/c1-3-29-18(28)23-10-8-22(9-11-23)15(25)12-24-16(26)19(2,21-17(24)27)13-4-6-14(20)7-5-13/h4-7H,3,8-12H2,1-2H3,(H,21,27)/t19-/m0/s1. The highest BCUT2D eigenvalue weighted by Gasteiger charge is 2.49.